The van der Waals surface area contributed by atoms with Gasteiger partial charge in [0.05, 0.1) is 22.4 Å². The molecule has 0 unspecified atom stereocenters. The average molecular weight is 589 g/mol. The number of fused-ring (bicyclic) bond motifs is 1. The van der Waals surface area contributed by atoms with E-state index in [1.165, 1.54) is 0 Å². The molecule has 0 amide bonds. The Morgan fingerprint density at radius 3 is 1.07 bits per heavy atom. The number of hydrogen-bond acceptors (Lipinski definition) is 4. The summed E-state index contributed by atoms with van der Waals surface area (Å²) in [7, 11) is 0. The Labute approximate surface area is 267 Å². The molecule has 0 aliphatic rings. The van der Waals surface area contributed by atoms with Crippen LogP contribution in [0.25, 0.3) is 78.1 Å². The van der Waals surface area contributed by atoms with Gasteiger partial charge in [-0.05, 0) is 69.8 Å². The van der Waals surface area contributed by atoms with Crippen molar-refractivity contribution in [3.05, 3.63) is 170 Å². The van der Waals surface area contributed by atoms with Crippen LogP contribution in [0.15, 0.2) is 170 Å². The highest BCUT2D eigenvalue weighted by Gasteiger charge is 2.19. The first-order valence-corrected chi connectivity index (χ1v) is 15.3. The molecule has 0 atom stereocenters. The van der Waals surface area contributed by atoms with Crippen molar-refractivity contribution < 1.29 is 0 Å². The monoisotopic (exact) mass is 588 g/mol. The zero-order valence-electron chi connectivity index (χ0n) is 25.0. The Bertz CT molecular complexity index is 2120. The second-order valence-corrected chi connectivity index (χ2v) is 11.1. The second kappa shape index (κ2) is 12.0. The van der Waals surface area contributed by atoms with Gasteiger partial charge in [0.25, 0.3) is 0 Å². The maximum atomic E-state index is 5.49. The fourth-order valence-corrected chi connectivity index (χ4v) is 6.02. The molecule has 4 heteroatoms. The molecule has 5 aromatic carbocycles. The lowest BCUT2D eigenvalue weighted by molar-refractivity contribution is 1.29. The van der Waals surface area contributed by atoms with Gasteiger partial charge >= 0.3 is 0 Å². The van der Waals surface area contributed by atoms with Crippen LogP contribution < -0.4 is 0 Å². The van der Waals surface area contributed by atoms with Crippen LogP contribution in [-0.2, 0) is 0 Å². The fourth-order valence-electron chi connectivity index (χ4n) is 6.02. The third-order valence-electron chi connectivity index (χ3n) is 8.29. The first-order chi connectivity index (χ1) is 22.8. The van der Waals surface area contributed by atoms with E-state index in [1.807, 2.05) is 61.2 Å². The van der Waals surface area contributed by atoms with E-state index >= 15 is 0 Å². The van der Waals surface area contributed by atoms with Crippen molar-refractivity contribution in [3.63, 3.8) is 0 Å². The van der Waals surface area contributed by atoms with Crippen molar-refractivity contribution in [1.29, 1.82) is 0 Å². The summed E-state index contributed by atoms with van der Waals surface area (Å²) < 4.78 is 0. The molecule has 3 heterocycles. The van der Waals surface area contributed by atoms with Crippen molar-refractivity contribution >= 4 is 11.0 Å². The van der Waals surface area contributed by atoms with E-state index < -0.39 is 0 Å². The van der Waals surface area contributed by atoms with Gasteiger partial charge in [-0.15, -0.1) is 0 Å². The minimum Gasteiger partial charge on any atom is -0.265 e. The van der Waals surface area contributed by atoms with E-state index in [4.69, 9.17) is 9.97 Å². The predicted octanol–water partition coefficient (Wildman–Crippen LogP) is 10.4. The van der Waals surface area contributed by atoms with Crippen molar-refractivity contribution in [2.24, 2.45) is 0 Å². The fraction of sp³-hybridized carbons (Fsp3) is 0. The highest BCUT2D eigenvalue weighted by atomic mass is 14.8. The lowest BCUT2D eigenvalue weighted by Gasteiger charge is -2.16. The molecule has 0 radical (unpaired) electrons. The highest BCUT2D eigenvalue weighted by Crippen LogP contribution is 2.40. The normalized spacial score (nSPS) is 11.0. The van der Waals surface area contributed by atoms with Gasteiger partial charge in [0, 0.05) is 47.0 Å². The van der Waals surface area contributed by atoms with Crippen LogP contribution in [-0.4, -0.2) is 19.9 Å². The van der Waals surface area contributed by atoms with E-state index in [2.05, 4.69) is 119 Å². The Kier molecular flexibility index (Phi) is 7.14. The summed E-state index contributed by atoms with van der Waals surface area (Å²) in [5.41, 5.74) is 14.2. The lowest BCUT2D eigenvalue weighted by Crippen LogP contribution is -1.99. The lowest BCUT2D eigenvalue weighted by atomic mass is 9.93. The zero-order chi connectivity index (χ0) is 30.7. The molecular weight excluding hydrogens is 560 g/mol. The third-order valence-corrected chi connectivity index (χ3v) is 8.29. The summed E-state index contributed by atoms with van der Waals surface area (Å²) in [6.45, 7) is 0. The van der Waals surface area contributed by atoms with Gasteiger partial charge in [0.1, 0.15) is 0 Å². The Hall–Kier alpha value is -6.26. The number of hydrogen-bond donors (Lipinski definition) is 0. The maximum Gasteiger partial charge on any atom is 0.0979 e. The average Bonchev–Trinajstić information content (AvgIpc) is 3.15. The quantitative estimate of drug-likeness (QED) is 0.194. The summed E-state index contributed by atoms with van der Waals surface area (Å²) in [6.07, 6.45) is 7.31. The van der Waals surface area contributed by atoms with E-state index in [0.717, 1.165) is 78.1 Å². The van der Waals surface area contributed by atoms with Crippen LogP contribution in [0.1, 0.15) is 0 Å². The number of pyridine rings is 2. The molecule has 46 heavy (non-hydrogen) atoms. The molecule has 4 nitrogen and oxygen atoms in total. The van der Waals surface area contributed by atoms with Crippen LogP contribution in [0.3, 0.4) is 0 Å². The van der Waals surface area contributed by atoms with E-state index in [9.17, 15) is 0 Å². The molecule has 0 saturated heterocycles. The maximum absolute atomic E-state index is 5.49. The summed E-state index contributed by atoms with van der Waals surface area (Å²) >= 11 is 0. The third kappa shape index (κ3) is 5.23. The predicted molar refractivity (Wildman–Crippen MR) is 188 cm³/mol. The molecule has 0 aliphatic heterocycles. The van der Waals surface area contributed by atoms with Gasteiger partial charge in [0.2, 0.25) is 0 Å². The SMILES string of the molecule is c1ccc(-c2nc3c(-c4cccc(-c5ccncc5)c4)ccc(-c4cccc(-c5ccncc5)c4)c3nc2-c2ccccc2)cc1. The van der Waals surface area contributed by atoms with Gasteiger partial charge in [-0.2, -0.15) is 0 Å². The minimum atomic E-state index is 0.855. The largest absolute Gasteiger partial charge is 0.265 e. The van der Waals surface area contributed by atoms with Crippen LogP contribution in [0, 0.1) is 0 Å². The zero-order valence-corrected chi connectivity index (χ0v) is 25.0. The standard InChI is InChI=1S/C42H28N4/c1-3-9-31(10-4-1)39-40(32-11-5-2-6-12-32)46-42-38(36-16-8-14-34(28-36)30-21-25-44-26-22-30)18-17-37(41(42)45-39)35-15-7-13-33(27-35)29-19-23-43-24-20-29/h1-28H. The van der Waals surface area contributed by atoms with Crippen LogP contribution in [0.4, 0.5) is 0 Å². The first-order valence-electron chi connectivity index (χ1n) is 15.3. The Morgan fingerprint density at radius 1 is 0.283 bits per heavy atom. The van der Waals surface area contributed by atoms with Gasteiger partial charge in [-0.1, -0.05) is 109 Å². The van der Waals surface area contributed by atoms with Gasteiger partial charge in [-0.3, -0.25) is 9.97 Å². The van der Waals surface area contributed by atoms with Crippen molar-refractivity contribution in [2.75, 3.05) is 0 Å². The molecule has 3 aromatic heterocycles. The molecule has 0 fully saturated rings. The molecule has 0 aliphatic carbocycles. The summed E-state index contributed by atoms with van der Waals surface area (Å²) in [6, 6.07) is 50.4. The van der Waals surface area contributed by atoms with Crippen LogP contribution in [0.2, 0.25) is 0 Å². The van der Waals surface area contributed by atoms with Crippen LogP contribution >= 0.6 is 0 Å². The smallest absolute Gasteiger partial charge is 0.0979 e. The Balaban J connectivity index is 1.41. The summed E-state index contributed by atoms with van der Waals surface area (Å²) in [4.78, 5) is 19.4. The van der Waals surface area contributed by atoms with E-state index in [-0.39, 0.29) is 0 Å². The molecule has 0 spiro atoms. The highest BCUT2D eigenvalue weighted by molar-refractivity contribution is 6.03. The molecule has 0 N–H and O–H groups in total. The summed E-state index contributed by atoms with van der Waals surface area (Å²) in [5.74, 6) is 0. The molecule has 216 valence electrons. The molecule has 0 bridgehead atoms. The Morgan fingerprint density at radius 2 is 0.652 bits per heavy atom. The van der Waals surface area contributed by atoms with Gasteiger partial charge in [0.15, 0.2) is 0 Å². The number of aromatic nitrogens is 4. The van der Waals surface area contributed by atoms with Crippen molar-refractivity contribution in [3.8, 4) is 67.0 Å². The molecule has 8 rings (SSSR count). The van der Waals surface area contributed by atoms with Crippen molar-refractivity contribution in [2.45, 2.75) is 0 Å². The minimum absolute atomic E-state index is 0.855. The topological polar surface area (TPSA) is 51.6 Å². The molecule has 8 aromatic rings. The number of nitrogens with zero attached hydrogens (tertiary/aromatic N) is 4. The van der Waals surface area contributed by atoms with Crippen molar-refractivity contribution in [1.82, 2.24) is 19.9 Å². The first kappa shape index (κ1) is 27.3. The summed E-state index contributed by atoms with van der Waals surface area (Å²) in [5, 5.41) is 0. The van der Waals surface area contributed by atoms with Gasteiger partial charge in [-0.25, -0.2) is 9.97 Å². The van der Waals surface area contributed by atoms with E-state index in [0.29, 0.717) is 0 Å². The van der Waals surface area contributed by atoms with Gasteiger partial charge < -0.3 is 0 Å². The number of rotatable bonds is 6. The van der Waals surface area contributed by atoms with E-state index in [1.54, 1.807) is 0 Å². The van der Waals surface area contributed by atoms with Crippen LogP contribution in [0.5, 0.6) is 0 Å². The molecule has 0 saturated carbocycles. The second-order valence-electron chi connectivity index (χ2n) is 11.1. The molecular formula is C42H28N4. The number of benzene rings is 5.